The summed E-state index contributed by atoms with van der Waals surface area (Å²) in [6, 6.07) is 11.4. The van der Waals surface area contributed by atoms with Crippen molar-refractivity contribution in [3.63, 3.8) is 0 Å². The topological polar surface area (TPSA) is 16.1 Å². The molecule has 0 unspecified atom stereocenters. The number of rotatable bonds is 1. The summed E-state index contributed by atoms with van der Waals surface area (Å²) in [5.74, 6) is 4.91. The Morgan fingerprint density at radius 1 is 0.870 bits per heavy atom. The monoisotopic (exact) mass is 308 g/mol. The van der Waals surface area contributed by atoms with Gasteiger partial charge in [0.1, 0.15) is 17.5 Å². The lowest BCUT2D eigenvalue weighted by molar-refractivity contribution is 0.577. The smallest absolute Gasteiger partial charge is 0.141 e. The standard InChI is InChI=1S/C19H14F2N2/c1-23(2)19-15-7-4-3-6-14(15)13(12-22-19)10-11-16-17(20)8-5-9-18(16)21/h3-9,12H,1-2H3. The Balaban J connectivity index is 2.17. The van der Waals surface area contributed by atoms with Gasteiger partial charge >= 0.3 is 0 Å². The zero-order valence-electron chi connectivity index (χ0n) is 12.8. The van der Waals surface area contributed by atoms with E-state index in [4.69, 9.17) is 0 Å². The number of halogens is 2. The van der Waals surface area contributed by atoms with Crippen LogP contribution in [0.3, 0.4) is 0 Å². The Labute approximate surface area is 133 Å². The van der Waals surface area contributed by atoms with E-state index >= 15 is 0 Å². The molecule has 4 heteroatoms. The average molecular weight is 308 g/mol. The van der Waals surface area contributed by atoms with Crippen molar-refractivity contribution in [3.8, 4) is 11.8 Å². The van der Waals surface area contributed by atoms with Crippen molar-refractivity contribution in [3.05, 3.63) is 71.4 Å². The highest BCUT2D eigenvalue weighted by Gasteiger charge is 2.08. The van der Waals surface area contributed by atoms with Crippen LogP contribution in [-0.4, -0.2) is 19.1 Å². The fourth-order valence-corrected chi connectivity index (χ4v) is 2.38. The van der Waals surface area contributed by atoms with Crippen molar-refractivity contribution >= 4 is 16.6 Å². The first kappa shape index (κ1) is 15.0. The molecule has 0 saturated heterocycles. The van der Waals surface area contributed by atoms with Crippen molar-refractivity contribution in [2.75, 3.05) is 19.0 Å². The third-order valence-electron chi connectivity index (χ3n) is 3.48. The Kier molecular flexibility index (Phi) is 3.94. The van der Waals surface area contributed by atoms with Crippen LogP contribution in [0.5, 0.6) is 0 Å². The van der Waals surface area contributed by atoms with Gasteiger partial charge in [-0.1, -0.05) is 42.2 Å². The van der Waals surface area contributed by atoms with Crippen LogP contribution in [-0.2, 0) is 0 Å². The molecule has 0 aliphatic heterocycles. The van der Waals surface area contributed by atoms with Crippen molar-refractivity contribution in [1.29, 1.82) is 0 Å². The number of hydrogen-bond donors (Lipinski definition) is 0. The van der Waals surface area contributed by atoms with Gasteiger partial charge in [-0.2, -0.15) is 0 Å². The van der Waals surface area contributed by atoms with E-state index in [-0.39, 0.29) is 5.56 Å². The fraction of sp³-hybridized carbons (Fsp3) is 0.105. The molecule has 114 valence electrons. The third-order valence-corrected chi connectivity index (χ3v) is 3.48. The Bertz CT molecular complexity index is 917. The second kappa shape index (κ2) is 6.05. The first-order valence-electron chi connectivity index (χ1n) is 7.09. The van der Waals surface area contributed by atoms with Crippen molar-refractivity contribution in [2.24, 2.45) is 0 Å². The minimum atomic E-state index is -0.667. The molecule has 0 N–H and O–H groups in total. The van der Waals surface area contributed by atoms with Gasteiger partial charge in [-0.15, -0.1) is 0 Å². The number of benzene rings is 2. The molecule has 0 radical (unpaired) electrons. The molecule has 23 heavy (non-hydrogen) atoms. The second-order valence-corrected chi connectivity index (χ2v) is 5.28. The maximum Gasteiger partial charge on any atom is 0.141 e. The molecule has 3 rings (SSSR count). The number of pyridine rings is 1. The lowest BCUT2D eigenvalue weighted by Crippen LogP contribution is -2.11. The Morgan fingerprint density at radius 2 is 1.52 bits per heavy atom. The van der Waals surface area contributed by atoms with Gasteiger partial charge in [0.2, 0.25) is 0 Å². The van der Waals surface area contributed by atoms with E-state index in [1.54, 1.807) is 6.20 Å². The second-order valence-electron chi connectivity index (χ2n) is 5.28. The van der Waals surface area contributed by atoms with Gasteiger partial charge in [-0.3, -0.25) is 0 Å². The summed E-state index contributed by atoms with van der Waals surface area (Å²) >= 11 is 0. The first-order valence-corrected chi connectivity index (χ1v) is 7.09. The molecule has 2 aromatic carbocycles. The Morgan fingerprint density at radius 3 is 2.17 bits per heavy atom. The highest BCUT2D eigenvalue weighted by molar-refractivity contribution is 5.95. The van der Waals surface area contributed by atoms with Gasteiger partial charge in [0.05, 0.1) is 11.1 Å². The average Bonchev–Trinajstić information content (AvgIpc) is 2.54. The van der Waals surface area contributed by atoms with Gasteiger partial charge in [-0.25, -0.2) is 13.8 Å². The number of nitrogens with zero attached hydrogens (tertiary/aromatic N) is 2. The molecule has 0 aliphatic carbocycles. The normalized spacial score (nSPS) is 10.3. The maximum absolute atomic E-state index is 13.7. The van der Waals surface area contributed by atoms with Crippen LogP contribution in [0.1, 0.15) is 11.1 Å². The summed E-state index contributed by atoms with van der Waals surface area (Å²) in [7, 11) is 3.82. The highest BCUT2D eigenvalue weighted by atomic mass is 19.1. The molecule has 0 aliphatic rings. The molecule has 1 aromatic heterocycles. The van der Waals surface area contributed by atoms with Crippen LogP contribution in [0, 0.1) is 23.5 Å². The van der Waals surface area contributed by atoms with Crippen LogP contribution in [0.4, 0.5) is 14.6 Å². The summed E-state index contributed by atoms with van der Waals surface area (Å²) in [6.45, 7) is 0. The summed E-state index contributed by atoms with van der Waals surface area (Å²) in [4.78, 5) is 6.31. The van der Waals surface area contributed by atoms with Gasteiger partial charge in [0, 0.05) is 31.1 Å². The van der Waals surface area contributed by atoms with E-state index in [2.05, 4.69) is 16.8 Å². The van der Waals surface area contributed by atoms with Crippen molar-refractivity contribution in [2.45, 2.75) is 0 Å². The SMILES string of the molecule is CN(C)c1ncc(C#Cc2c(F)cccc2F)c2ccccc12. The quantitative estimate of drug-likeness (QED) is 0.632. The molecule has 0 atom stereocenters. The van der Waals surface area contributed by atoms with E-state index in [1.807, 2.05) is 43.3 Å². The third kappa shape index (κ3) is 2.86. The predicted molar refractivity (Wildman–Crippen MR) is 88.4 cm³/mol. The van der Waals surface area contributed by atoms with Gasteiger partial charge in [0.15, 0.2) is 0 Å². The molecule has 0 bridgehead atoms. The summed E-state index contributed by atoms with van der Waals surface area (Å²) < 4.78 is 27.3. The number of anilines is 1. The molecule has 3 aromatic rings. The minimum absolute atomic E-state index is 0.228. The first-order chi connectivity index (χ1) is 11.1. The maximum atomic E-state index is 13.7. The largest absolute Gasteiger partial charge is 0.362 e. The summed E-state index contributed by atoms with van der Waals surface area (Å²) in [6.07, 6.45) is 1.63. The molecular formula is C19H14F2N2. The summed E-state index contributed by atoms with van der Waals surface area (Å²) in [5, 5.41) is 1.84. The number of aromatic nitrogens is 1. The van der Waals surface area contributed by atoms with E-state index in [9.17, 15) is 8.78 Å². The van der Waals surface area contributed by atoms with Gasteiger partial charge < -0.3 is 4.90 Å². The predicted octanol–water partition coefficient (Wildman–Crippen LogP) is 3.98. The van der Waals surface area contributed by atoms with Gasteiger partial charge in [-0.05, 0) is 12.1 Å². The zero-order chi connectivity index (χ0) is 16.4. The lowest BCUT2D eigenvalue weighted by atomic mass is 10.1. The number of fused-ring (bicyclic) bond motifs is 1. The molecule has 0 fully saturated rings. The zero-order valence-corrected chi connectivity index (χ0v) is 12.8. The summed E-state index contributed by atoms with van der Waals surface area (Å²) in [5.41, 5.74) is 0.405. The van der Waals surface area contributed by atoms with Crippen LogP contribution < -0.4 is 4.90 Å². The van der Waals surface area contributed by atoms with E-state index in [0.717, 1.165) is 16.6 Å². The van der Waals surface area contributed by atoms with E-state index in [1.165, 1.54) is 18.2 Å². The van der Waals surface area contributed by atoms with Crippen LogP contribution in [0.15, 0.2) is 48.7 Å². The molecule has 0 amide bonds. The van der Waals surface area contributed by atoms with Crippen LogP contribution >= 0.6 is 0 Å². The Hall–Kier alpha value is -2.93. The van der Waals surface area contributed by atoms with Crippen molar-refractivity contribution < 1.29 is 8.78 Å². The van der Waals surface area contributed by atoms with Crippen LogP contribution in [0.25, 0.3) is 10.8 Å². The highest BCUT2D eigenvalue weighted by Crippen LogP contribution is 2.25. The van der Waals surface area contributed by atoms with Crippen molar-refractivity contribution in [1.82, 2.24) is 4.98 Å². The lowest BCUT2D eigenvalue weighted by Gasteiger charge is -2.14. The molecule has 2 nitrogen and oxygen atoms in total. The minimum Gasteiger partial charge on any atom is -0.362 e. The fourth-order valence-electron chi connectivity index (χ4n) is 2.38. The molecule has 1 heterocycles. The molecule has 0 saturated carbocycles. The van der Waals surface area contributed by atoms with E-state index < -0.39 is 11.6 Å². The van der Waals surface area contributed by atoms with Gasteiger partial charge in [0.25, 0.3) is 0 Å². The van der Waals surface area contributed by atoms with E-state index in [0.29, 0.717) is 5.56 Å². The molecule has 0 spiro atoms. The number of hydrogen-bond acceptors (Lipinski definition) is 2. The molecular weight excluding hydrogens is 294 g/mol. The van der Waals surface area contributed by atoms with Crippen LogP contribution in [0.2, 0.25) is 0 Å².